The van der Waals surface area contributed by atoms with Gasteiger partial charge in [0.1, 0.15) is 6.29 Å². The predicted octanol–water partition coefficient (Wildman–Crippen LogP) is -1.61. The lowest BCUT2D eigenvalue weighted by molar-refractivity contribution is 0.0834. The molecule has 1 fully saturated rings. The van der Waals surface area contributed by atoms with Gasteiger partial charge in [0.2, 0.25) is 0 Å². The first-order valence-corrected chi connectivity index (χ1v) is 3.51. The molecule has 0 bridgehead atoms. The van der Waals surface area contributed by atoms with Crippen LogP contribution in [0.4, 0.5) is 0 Å². The molecule has 4 nitrogen and oxygen atoms in total. The van der Waals surface area contributed by atoms with E-state index in [1.54, 1.807) is 0 Å². The minimum absolute atomic E-state index is 0.211. The molecular weight excluding hydrogens is 130 g/mol. The van der Waals surface area contributed by atoms with E-state index in [1.165, 1.54) is 0 Å². The third-order valence-corrected chi connectivity index (χ3v) is 1.61. The van der Waals surface area contributed by atoms with Crippen LogP contribution in [0.25, 0.3) is 0 Å². The van der Waals surface area contributed by atoms with Crippen molar-refractivity contribution in [1.29, 1.82) is 0 Å². The van der Waals surface area contributed by atoms with Gasteiger partial charge in [-0.05, 0) is 14.1 Å². The van der Waals surface area contributed by atoms with Gasteiger partial charge in [0.15, 0.2) is 0 Å². The fourth-order valence-electron chi connectivity index (χ4n) is 1.00. The number of hydrogen-bond acceptors (Lipinski definition) is 4. The lowest BCUT2D eigenvalue weighted by Crippen LogP contribution is -2.60. The fraction of sp³-hybridized carbons (Fsp3) is 1.00. The summed E-state index contributed by atoms with van der Waals surface area (Å²) in [5.41, 5.74) is 0. The van der Waals surface area contributed by atoms with Crippen LogP contribution in [0.2, 0.25) is 0 Å². The summed E-state index contributed by atoms with van der Waals surface area (Å²) in [5.74, 6) is 0. The van der Waals surface area contributed by atoms with Gasteiger partial charge in [0, 0.05) is 13.1 Å². The van der Waals surface area contributed by atoms with Gasteiger partial charge in [-0.15, -0.1) is 0 Å². The summed E-state index contributed by atoms with van der Waals surface area (Å²) in [5, 5.41) is 15.3. The number of aliphatic hydroxyl groups is 1. The van der Waals surface area contributed by atoms with Crippen molar-refractivity contribution in [2.75, 3.05) is 27.2 Å². The van der Waals surface area contributed by atoms with Crippen LogP contribution in [0, 0.1) is 0 Å². The average molecular weight is 145 g/mol. The molecule has 3 N–H and O–H groups in total. The Bertz CT molecular complexity index is 99.2. The van der Waals surface area contributed by atoms with E-state index in [9.17, 15) is 0 Å². The minimum atomic E-state index is -0.240. The Morgan fingerprint density at radius 3 is 2.20 bits per heavy atom. The summed E-state index contributed by atoms with van der Waals surface area (Å²) < 4.78 is 0. The third-order valence-electron chi connectivity index (χ3n) is 1.61. The highest BCUT2D eigenvalue weighted by Gasteiger charge is 2.18. The molecule has 0 aromatic rings. The minimum Gasteiger partial charge on any atom is -0.390 e. The van der Waals surface area contributed by atoms with E-state index in [4.69, 9.17) is 5.11 Å². The van der Waals surface area contributed by atoms with Crippen LogP contribution in [-0.4, -0.2) is 49.6 Å². The quantitative estimate of drug-likeness (QED) is 0.415. The zero-order chi connectivity index (χ0) is 7.56. The van der Waals surface area contributed by atoms with Gasteiger partial charge < -0.3 is 5.11 Å². The van der Waals surface area contributed by atoms with Gasteiger partial charge in [-0.2, -0.15) is 0 Å². The molecule has 0 spiro atoms. The second kappa shape index (κ2) is 3.30. The molecule has 0 radical (unpaired) electrons. The van der Waals surface area contributed by atoms with Crippen molar-refractivity contribution >= 4 is 0 Å². The van der Waals surface area contributed by atoms with E-state index >= 15 is 0 Å². The summed E-state index contributed by atoms with van der Waals surface area (Å²) in [7, 11) is 3.98. The molecule has 0 unspecified atom stereocenters. The zero-order valence-corrected chi connectivity index (χ0v) is 6.46. The molecule has 0 saturated carbocycles. The highest BCUT2D eigenvalue weighted by Crippen LogP contribution is 1.91. The molecule has 60 valence electrons. The van der Waals surface area contributed by atoms with E-state index in [1.807, 2.05) is 19.0 Å². The van der Waals surface area contributed by atoms with Crippen LogP contribution in [0.1, 0.15) is 0 Å². The summed E-state index contributed by atoms with van der Waals surface area (Å²) in [6.07, 6.45) is -0.0281. The van der Waals surface area contributed by atoms with Crippen LogP contribution < -0.4 is 10.6 Å². The van der Waals surface area contributed by atoms with Crippen LogP contribution in [0.15, 0.2) is 0 Å². The Labute approximate surface area is 61.2 Å². The van der Waals surface area contributed by atoms with Gasteiger partial charge in [-0.1, -0.05) is 0 Å². The second-order valence-electron chi connectivity index (χ2n) is 2.84. The molecule has 1 heterocycles. The van der Waals surface area contributed by atoms with E-state index < -0.39 is 0 Å². The lowest BCUT2D eigenvalue weighted by atomic mass is 10.3. The summed E-state index contributed by atoms with van der Waals surface area (Å²) in [6, 6.07) is 0. The number of nitrogens with one attached hydrogen (secondary N) is 2. The molecule has 0 aromatic heterocycles. The number of aliphatic hydroxyl groups excluding tert-OH is 1. The Morgan fingerprint density at radius 1 is 1.30 bits per heavy atom. The molecule has 10 heavy (non-hydrogen) atoms. The highest BCUT2D eigenvalue weighted by molar-refractivity contribution is 4.74. The largest absolute Gasteiger partial charge is 0.390 e. The Morgan fingerprint density at radius 2 is 1.80 bits per heavy atom. The van der Waals surface area contributed by atoms with Crippen LogP contribution in [0.5, 0.6) is 0 Å². The Kier molecular flexibility index (Phi) is 2.62. The second-order valence-corrected chi connectivity index (χ2v) is 2.84. The zero-order valence-electron chi connectivity index (χ0n) is 6.46. The number of hydrogen-bond donors (Lipinski definition) is 3. The molecule has 0 amide bonds. The van der Waals surface area contributed by atoms with Crippen LogP contribution >= 0.6 is 0 Å². The first-order valence-electron chi connectivity index (χ1n) is 3.51. The van der Waals surface area contributed by atoms with Crippen LogP contribution in [-0.2, 0) is 0 Å². The monoisotopic (exact) mass is 145 g/mol. The normalized spacial score (nSPS) is 34.8. The smallest absolute Gasteiger partial charge is 0.114 e. The summed E-state index contributed by atoms with van der Waals surface area (Å²) >= 11 is 0. The van der Waals surface area contributed by atoms with E-state index in [-0.39, 0.29) is 12.4 Å². The number of nitrogens with zero attached hydrogens (tertiary/aromatic N) is 1. The molecule has 0 atom stereocenters. The van der Waals surface area contributed by atoms with E-state index in [0.717, 1.165) is 0 Å². The maximum absolute atomic E-state index is 9.07. The van der Waals surface area contributed by atoms with Crippen molar-refractivity contribution in [2.45, 2.75) is 12.4 Å². The van der Waals surface area contributed by atoms with Crippen LogP contribution in [0.3, 0.4) is 0 Å². The summed E-state index contributed by atoms with van der Waals surface area (Å²) in [6.45, 7) is 1.35. The van der Waals surface area contributed by atoms with Crippen molar-refractivity contribution in [3.63, 3.8) is 0 Å². The molecule has 1 aliphatic rings. The van der Waals surface area contributed by atoms with Crippen molar-refractivity contribution in [3.05, 3.63) is 0 Å². The molecule has 1 saturated heterocycles. The Hall–Kier alpha value is -0.160. The molecule has 4 heteroatoms. The van der Waals surface area contributed by atoms with E-state index in [2.05, 4.69) is 10.6 Å². The standard InChI is InChI=1S/C6H15N3O/c1-9(2)6-7-3-5(10)4-8-6/h5-8,10H,3-4H2,1-2H3. The molecule has 1 aliphatic heterocycles. The van der Waals surface area contributed by atoms with E-state index in [0.29, 0.717) is 13.1 Å². The van der Waals surface area contributed by atoms with Crippen molar-refractivity contribution in [3.8, 4) is 0 Å². The fourth-order valence-corrected chi connectivity index (χ4v) is 1.00. The maximum atomic E-state index is 9.07. The molecular formula is C6H15N3O. The van der Waals surface area contributed by atoms with Crippen molar-refractivity contribution in [2.24, 2.45) is 0 Å². The average Bonchev–Trinajstić information content (AvgIpc) is 1.88. The molecule has 0 aromatic carbocycles. The van der Waals surface area contributed by atoms with Gasteiger partial charge in [0.25, 0.3) is 0 Å². The van der Waals surface area contributed by atoms with Gasteiger partial charge >= 0.3 is 0 Å². The number of rotatable bonds is 1. The number of β-amino-alcohol motifs (C(OH)–C–C–N with tert-alkyl or cyclic N) is 1. The topological polar surface area (TPSA) is 47.5 Å². The van der Waals surface area contributed by atoms with Crippen molar-refractivity contribution < 1.29 is 5.11 Å². The predicted molar refractivity (Wildman–Crippen MR) is 39.5 cm³/mol. The van der Waals surface area contributed by atoms with Gasteiger partial charge in [0.05, 0.1) is 6.10 Å². The third kappa shape index (κ3) is 1.91. The molecule has 0 aliphatic carbocycles. The van der Waals surface area contributed by atoms with Gasteiger partial charge in [-0.3, -0.25) is 15.5 Å². The lowest BCUT2D eigenvalue weighted by Gasteiger charge is -2.32. The molecule has 1 rings (SSSR count). The maximum Gasteiger partial charge on any atom is 0.114 e. The SMILES string of the molecule is CN(C)C1NCC(O)CN1. The highest BCUT2D eigenvalue weighted by atomic mass is 16.3. The Balaban J connectivity index is 2.26. The first-order chi connectivity index (χ1) is 4.70. The summed E-state index contributed by atoms with van der Waals surface area (Å²) in [4.78, 5) is 2.03. The first kappa shape index (κ1) is 7.94. The van der Waals surface area contributed by atoms with Crippen molar-refractivity contribution in [1.82, 2.24) is 15.5 Å². The van der Waals surface area contributed by atoms with Gasteiger partial charge in [-0.25, -0.2) is 0 Å².